The number of aryl methyl sites for hydroxylation is 1. The number of rotatable bonds is 9. The Hall–Kier alpha value is -3.89. The van der Waals surface area contributed by atoms with E-state index >= 15 is 0 Å². The number of ether oxygens (including phenoxy) is 1. The van der Waals surface area contributed by atoms with Gasteiger partial charge in [0.05, 0.1) is 23.9 Å². The first kappa shape index (κ1) is 27.2. The van der Waals surface area contributed by atoms with Crippen molar-refractivity contribution in [3.63, 3.8) is 0 Å². The van der Waals surface area contributed by atoms with Crippen LogP contribution in [-0.2, 0) is 14.8 Å². The molecule has 0 unspecified atom stereocenters. The third-order valence-electron chi connectivity index (χ3n) is 5.91. The van der Waals surface area contributed by atoms with Crippen molar-refractivity contribution >= 4 is 43.8 Å². The van der Waals surface area contributed by atoms with Crippen molar-refractivity contribution in [1.82, 2.24) is 9.99 Å². The highest BCUT2D eigenvalue weighted by Gasteiger charge is 2.27. The molecule has 196 valence electrons. The number of hydrazone groups is 1. The lowest BCUT2D eigenvalue weighted by Crippen LogP contribution is -2.39. The van der Waals surface area contributed by atoms with E-state index in [2.05, 4.69) is 31.0 Å². The molecule has 0 bridgehead atoms. The van der Waals surface area contributed by atoms with Gasteiger partial charge in [-0.25, -0.2) is 13.8 Å². The van der Waals surface area contributed by atoms with E-state index < -0.39 is 22.5 Å². The summed E-state index contributed by atoms with van der Waals surface area (Å²) < 4.78 is 36.2. The molecule has 4 rings (SSSR count). The number of benzene rings is 3. The molecule has 0 aliphatic carbocycles. The molecule has 0 aliphatic heterocycles. The van der Waals surface area contributed by atoms with E-state index in [9.17, 15) is 13.2 Å². The lowest BCUT2D eigenvalue weighted by Gasteiger charge is -2.23. The predicted octanol–water partition coefficient (Wildman–Crippen LogP) is 5.21. The minimum Gasteiger partial charge on any atom is -0.497 e. The van der Waals surface area contributed by atoms with E-state index in [1.807, 2.05) is 44.2 Å². The first-order valence-electron chi connectivity index (χ1n) is 11.7. The summed E-state index contributed by atoms with van der Waals surface area (Å²) in [6, 6.07) is 24.4. The number of halogens is 1. The van der Waals surface area contributed by atoms with Crippen molar-refractivity contribution in [3.8, 4) is 11.4 Å². The minimum absolute atomic E-state index is 0.0402. The number of para-hydroxylation sites is 1. The fourth-order valence-electron chi connectivity index (χ4n) is 4.05. The number of hydrogen-bond donors (Lipinski definition) is 1. The topological polar surface area (TPSA) is 93.0 Å². The summed E-state index contributed by atoms with van der Waals surface area (Å²) in [5, 5.41) is 4.11. The van der Waals surface area contributed by atoms with Gasteiger partial charge in [-0.05, 0) is 74.5 Å². The molecule has 8 nitrogen and oxygen atoms in total. The normalized spacial score (nSPS) is 11.5. The largest absolute Gasteiger partial charge is 0.497 e. The van der Waals surface area contributed by atoms with Gasteiger partial charge >= 0.3 is 0 Å². The second-order valence-electron chi connectivity index (χ2n) is 8.46. The zero-order chi connectivity index (χ0) is 27.3. The first-order chi connectivity index (χ1) is 18.2. The Morgan fingerprint density at radius 1 is 1.03 bits per heavy atom. The third-order valence-corrected chi connectivity index (χ3v) is 8.19. The van der Waals surface area contributed by atoms with E-state index in [-0.39, 0.29) is 4.90 Å². The van der Waals surface area contributed by atoms with Gasteiger partial charge in [-0.3, -0.25) is 9.10 Å². The molecule has 0 aliphatic rings. The Balaban J connectivity index is 1.53. The molecule has 4 aromatic rings. The summed E-state index contributed by atoms with van der Waals surface area (Å²) in [6.07, 6.45) is 1.56. The Bertz CT molecular complexity index is 1570. The SMILES string of the molecule is COc1ccc(S(=O)(=O)N(CC(=O)N/N=C/c2cc(C)n(-c3cccc(Br)c3)c2C)c2ccccc2)cc1. The summed E-state index contributed by atoms with van der Waals surface area (Å²) >= 11 is 3.51. The Labute approximate surface area is 230 Å². The second-order valence-corrected chi connectivity index (χ2v) is 11.2. The molecule has 0 saturated heterocycles. The Morgan fingerprint density at radius 2 is 1.74 bits per heavy atom. The van der Waals surface area contributed by atoms with Crippen molar-refractivity contribution in [2.45, 2.75) is 18.7 Å². The number of hydrogen-bond acceptors (Lipinski definition) is 5. The van der Waals surface area contributed by atoms with Crippen LogP contribution in [0.3, 0.4) is 0 Å². The molecule has 1 heterocycles. The summed E-state index contributed by atoms with van der Waals surface area (Å²) in [7, 11) is -2.53. The third kappa shape index (κ3) is 5.98. The number of sulfonamides is 1. The highest BCUT2D eigenvalue weighted by molar-refractivity contribution is 9.10. The smallest absolute Gasteiger partial charge is 0.264 e. The molecule has 3 aromatic carbocycles. The highest BCUT2D eigenvalue weighted by Crippen LogP contribution is 2.25. The van der Waals surface area contributed by atoms with Gasteiger partial charge in [0.2, 0.25) is 0 Å². The van der Waals surface area contributed by atoms with Crippen molar-refractivity contribution in [1.29, 1.82) is 0 Å². The molecule has 10 heteroatoms. The Morgan fingerprint density at radius 3 is 2.39 bits per heavy atom. The molecule has 38 heavy (non-hydrogen) atoms. The number of anilines is 1. The maximum atomic E-state index is 13.5. The average Bonchev–Trinajstić information content (AvgIpc) is 3.20. The van der Waals surface area contributed by atoms with Gasteiger partial charge in [-0.1, -0.05) is 40.2 Å². The van der Waals surface area contributed by atoms with Crippen LogP contribution < -0.4 is 14.5 Å². The van der Waals surface area contributed by atoms with Gasteiger partial charge in [0.25, 0.3) is 15.9 Å². The van der Waals surface area contributed by atoms with Crippen LogP contribution in [0, 0.1) is 13.8 Å². The van der Waals surface area contributed by atoms with Crippen molar-refractivity contribution < 1.29 is 17.9 Å². The summed E-state index contributed by atoms with van der Waals surface area (Å²) in [6.45, 7) is 3.51. The molecule has 1 aromatic heterocycles. The number of aromatic nitrogens is 1. The monoisotopic (exact) mass is 594 g/mol. The van der Waals surface area contributed by atoms with Gasteiger partial charge in [0, 0.05) is 27.1 Å². The fourth-order valence-corrected chi connectivity index (χ4v) is 5.86. The summed E-state index contributed by atoms with van der Waals surface area (Å²) in [5.74, 6) is -0.0514. The molecule has 0 spiro atoms. The zero-order valence-electron chi connectivity index (χ0n) is 21.1. The highest BCUT2D eigenvalue weighted by atomic mass is 79.9. The van der Waals surface area contributed by atoms with Crippen LogP contribution in [0.25, 0.3) is 5.69 Å². The number of nitrogens with one attached hydrogen (secondary N) is 1. The number of carbonyl (C=O) groups excluding carboxylic acids is 1. The lowest BCUT2D eigenvalue weighted by molar-refractivity contribution is -0.119. The summed E-state index contributed by atoms with van der Waals surface area (Å²) in [4.78, 5) is 12.9. The number of carbonyl (C=O) groups is 1. The van der Waals surface area contributed by atoms with Crippen molar-refractivity contribution in [2.75, 3.05) is 18.0 Å². The van der Waals surface area contributed by atoms with Crippen LogP contribution >= 0.6 is 15.9 Å². The van der Waals surface area contributed by atoms with Crippen LogP contribution in [0.1, 0.15) is 17.0 Å². The van der Waals surface area contributed by atoms with Crippen LogP contribution in [-0.4, -0.2) is 38.8 Å². The molecule has 1 N–H and O–H groups in total. The molecular formula is C28H27BrN4O4S. The minimum atomic E-state index is -4.04. The number of nitrogens with zero attached hydrogens (tertiary/aromatic N) is 3. The van der Waals surface area contributed by atoms with Gasteiger partial charge in [0.1, 0.15) is 12.3 Å². The van der Waals surface area contributed by atoms with Crippen LogP contribution in [0.4, 0.5) is 5.69 Å². The molecule has 0 fully saturated rings. The van der Waals surface area contributed by atoms with Crippen LogP contribution in [0.5, 0.6) is 5.75 Å². The molecule has 1 amide bonds. The van der Waals surface area contributed by atoms with Gasteiger partial charge < -0.3 is 9.30 Å². The maximum Gasteiger partial charge on any atom is 0.264 e. The van der Waals surface area contributed by atoms with E-state index in [1.165, 1.54) is 19.2 Å². The maximum absolute atomic E-state index is 13.5. The van der Waals surface area contributed by atoms with E-state index in [1.54, 1.807) is 48.7 Å². The van der Waals surface area contributed by atoms with Gasteiger partial charge in [-0.15, -0.1) is 0 Å². The fraction of sp³-hybridized carbons (Fsp3) is 0.143. The quantitative estimate of drug-likeness (QED) is 0.213. The average molecular weight is 596 g/mol. The van der Waals surface area contributed by atoms with E-state index in [0.29, 0.717) is 11.4 Å². The van der Waals surface area contributed by atoms with E-state index in [0.717, 1.165) is 31.4 Å². The molecule has 0 saturated carbocycles. The lowest BCUT2D eigenvalue weighted by atomic mass is 10.2. The zero-order valence-corrected chi connectivity index (χ0v) is 23.5. The predicted molar refractivity (Wildman–Crippen MR) is 153 cm³/mol. The first-order valence-corrected chi connectivity index (χ1v) is 13.9. The Kier molecular flexibility index (Phi) is 8.33. The van der Waals surface area contributed by atoms with Gasteiger partial charge in [0.15, 0.2) is 0 Å². The van der Waals surface area contributed by atoms with Crippen molar-refractivity contribution in [2.24, 2.45) is 5.10 Å². The van der Waals surface area contributed by atoms with Crippen LogP contribution in [0.15, 0.2) is 99.4 Å². The molecular weight excluding hydrogens is 568 g/mol. The number of methoxy groups -OCH3 is 1. The molecule has 0 atom stereocenters. The molecule has 0 radical (unpaired) electrons. The van der Waals surface area contributed by atoms with E-state index in [4.69, 9.17) is 4.74 Å². The van der Waals surface area contributed by atoms with Crippen LogP contribution in [0.2, 0.25) is 0 Å². The standard InChI is InChI=1S/C28H27BrN4O4S/c1-20-16-22(21(2)33(20)25-11-7-8-23(29)17-25)18-30-31-28(34)19-32(24-9-5-4-6-10-24)38(35,36)27-14-12-26(37-3)13-15-27/h4-18H,19H2,1-3H3,(H,31,34)/b30-18+. The summed E-state index contributed by atoms with van der Waals surface area (Å²) in [5.41, 5.74) is 6.61. The van der Waals surface area contributed by atoms with Crippen molar-refractivity contribution in [3.05, 3.63) is 106 Å². The second kappa shape index (κ2) is 11.7. The number of amides is 1. The van der Waals surface area contributed by atoms with Gasteiger partial charge in [-0.2, -0.15) is 5.10 Å².